The summed E-state index contributed by atoms with van der Waals surface area (Å²) in [6, 6.07) is 15.0. The number of hydrazine groups is 2. The number of carbonyl (C=O) groups excluding carboxylic acids is 1. The summed E-state index contributed by atoms with van der Waals surface area (Å²) in [5.74, 6) is 14.4. The topological polar surface area (TPSA) is 87.8 Å². The summed E-state index contributed by atoms with van der Waals surface area (Å²) in [5.41, 5.74) is 9.93. The number of para-hydroxylation sites is 1. The van der Waals surface area contributed by atoms with E-state index in [1.807, 2.05) is 22.8 Å². The number of hydrogen-bond acceptors (Lipinski definition) is 5. The minimum atomic E-state index is -0.228. The first-order chi connectivity index (χ1) is 21.9. The third kappa shape index (κ3) is 6.30. The summed E-state index contributed by atoms with van der Waals surface area (Å²) in [4.78, 5) is 13.5. The Balaban J connectivity index is 1.49. The molecule has 0 aromatic heterocycles. The summed E-state index contributed by atoms with van der Waals surface area (Å²) >= 11 is 0. The zero-order valence-electron chi connectivity index (χ0n) is 28.8. The molecule has 1 amide bonds. The number of ether oxygens (including phenoxy) is 1. The number of hydrazone groups is 1. The molecule has 1 aliphatic carbocycles. The Morgan fingerprint density at radius 2 is 1.80 bits per heavy atom. The minimum Gasteiger partial charge on any atom is -0.493 e. The minimum absolute atomic E-state index is 0.0598. The highest BCUT2D eigenvalue weighted by atomic mass is 16.5. The lowest BCUT2D eigenvalue weighted by Gasteiger charge is -2.25. The highest BCUT2D eigenvalue weighted by Crippen LogP contribution is 2.47. The van der Waals surface area contributed by atoms with Crippen LogP contribution in [-0.4, -0.2) is 41.4 Å². The van der Waals surface area contributed by atoms with Crippen LogP contribution in [0.4, 0.5) is 11.4 Å². The van der Waals surface area contributed by atoms with Gasteiger partial charge < -0.3 is 9.64 Å². The molecule has 0 saturated carbocycles. The van der Waals surface area contributed by atoms with Crippen LogP contribution in [0.3, 0.4) is 0 Å². The van der Waals surface area contributed by atoms with Crippen LogP contribution < -0.4 is 16.7 Å². The van der Waals surface area contributed by atoms with Crippen LogP contribution in [0.15, 0.2) is 89.4 Å². The van der Waals surface area contributed by atoms with Crippen LogP contribution in [0.25, 0.3) is 0 Å². The van der Waals surface area contributed by atoms with Gasteiger partial charge in [-0.25, -0.2) is 11.7 Å². The van der Waals surface area contributed by atoms with E-state index in [1.165, 1.54) is 16.7 Å². The van der Waals surface area contributed by atoms with Gasteiger partial charge in [0.1, 0.15) is 5.76 Å². The van der Waals surface area contributed by atoms with Crippen molar-refractivity contribution in [1.29, 1.82) is 0 Å². The zero-order chi connectivity index (χ0) is 33.2. The monoisotopic (exact) mass is 622 g/mol. The van der Waals surface area contributed by atoms with Crippen LogP contribution in [-0.2, 0) is 26.8 Å². The summed E-state index contributed by atoms with van der Waals surface area (Å²) in [7, 11) is 1.83. The largest absolute Gasteiger partial charge is 0.493 e. The standard InChI is InChI=1S/C39H52N5O2/c1-8-13-28-18-21-34-32(26-28)39(5,6)36(44(34)41)23-20-30-15-11-14-29(37(30)46-25-12-24-42(7)27(2)45)19-22-35-38(3,4)31-16-9-10-17-33(31)43(35)40/h9-10,16-23,26H,8,11-15,24-25,40-41H2,1-7H3/q+1. The smallest absolute Gasteiger partial charge is 0.239 e. The molecule has 7 heteroatoms. The maximum absolute atomic E-state index is 11.8. The van der Waals surface area contributed by atoms with Crippen molar-refractivity contribution < 1.29 is 14.2 Å². The van der Waals surface area contributed by atoms with E-state index >= 15 is 0 Å². The van der Waals surface area contributed by atoms with Crippen LogP contribution in [0.5, 0.6) is 0 Å². The summed E-state index contributed by atoms with van der Waals surface area (Å²) in [6.07, 6.45) is 14.5. The van der Waals surface area contributed by atoms with Crippen molar-refractivity contribution in [3.63, 3.8) is 0 Å². The Kier molecular flexibility index (Phi) is 9.64. The van der Waals surface area contributed by atoms with E-state index in [9.17, 15) is 4.79 Å². The van der Waals surface area contributed by atoms with Crippen molar-refractivity contribution in [1.82, 2.24) is 4.90 Å². The Hall–Kier alpha value is -4.10. The molecule has 0 saturated heterocycles. The van der Waals surface area contributed by atoms with Gasteiger partial charge in [0.05, 0.1) is 17.7 Å². The van der Waals surface area contributed by atoms with Crippen molar-refractivity contribution in [2.24, 2.45) is 11.7 Å². The average Bonchev–Trinajstić information content (AvgIpc) is 3.34. The van der Waals surface area contributed by atoms with E-state index in [4.69, 9.17) is 16.4 Å². The summed E-state index contributed by atoms with van der Waals surface area (Å²) < 4.78 is 8.40. The highest BCUT2D eigenvalue weighted by molar-refractivity contribution is 6.03. The van der Waals surface area contributed by atoms with Crippen molar-refractivity contribution in [2.45, 2.75) is 90.9 Å². The Morgan fingerprint density at radius 1 is 1.04 bits per heavy atom. The molecule has 5 rings (SSSR count). The molecule has 2 heterocycles. The number of nitrogens with zero attached hydrogens (tertiary/aromatic N) is 3. The van der Waals surface area contributed by atoms with Gasteiger partial charge in [-0.1, -0.05) is 68.3 Å². The average molecular weight is 623 g/mol. The van der Waals surface area contributed by atoms with Crippen molar-refractivity contribution >= 4 is 23.0 Å². The Morgan fingerprint density at radius 3 is 2.52 bits per heavy atom. The fourth-order valence-electron chi connectivity index (χ4n) is 7.06. The third-order valence-corrected chi connectivity index (χ3v) is 9.95. The molecule has 7 nitrogen and oxygen atoms in total. The van der Waals surface area contributed by atoms with Gasteiger partial charge in [0.15, 0.2) is 0 Å². The first-order valence-corrected chi connectivity index (χ1v) is 16.7. The number of rotatable bonds is 10. The van der Waals surface area contributed by atoms with Gasteiger partial charge in [0.25, 0.3) is 0 Å². The number of amides is 1. The molecular formula is C39H52N5O2+. The Bertz CT molecular complexity index is 1660. The van der Waals surface area contributed by atoms with Crippen LogP contribution >= 0.6 is 0 Å². The van der Waals surface area contributed by atoms with Gasteiger partial charge in [-0.2, -0.15) is 0 Å². The quantitative estimate of drug-likeness (QED) is 0.166. The number of allylic oxidation sites excluding steroid dienone is 7. The third-order valence-electron chi connectivity index (χ3n) is 9.95. The molecule has 46 heavy (non-hydrogen) atoms. The van der Waals surface area contributed by atoms with Crippen LogP contribution in [0, 0.1) is 0 Å². The number of carbonyl (C=O) groups is 1. The lowest BCUT2D eigenvalue weighted by molar-refractivity contribution is -0.449. The van der Waals surface area contributed by atoms with Crippen molar-refractivity contribution in [2.75, 3.05) is 25.2 Å². The molecule has 4 N–H and O–H groups in total. The van der Waals surface area contributed by atoms with Gasteiger partial charge in [-0.05, 0) is 86.4 Å². The summed E-state index contributed by atoms with van der Waals surface area (Å²) in [5, 5.41) is 1.85. The van der Waals surface area contributed by atoms with Crippen LogP contribution in [0.1, 0.15) is 90.3 Å². The molecule has 0 spiro atoms. The molecule has 244 valence electrons. The molecule has 0 fully saturated rings. The number of anilines is 1. The van der Waals surface area contributed by atoms with Gasteiger partial charge in [0.2, 0.25) is 17.3 Å². The number of aryl methyl sites for hydroxylation is 1. The number of nitrogens with two attached hydrogens (primary N) is 2. The summed E-state index contributed by atoms with van der Waals surface area (Å²) in [6.45, 7) is 13.9. The van der Waals surface area contributed by atoms with Gasteiger partial charge in [-0.3, -0.25) is 9.80 Å². The van der Waals surface area contributed by atoms with Gasteiger partial charge in [-0.15, -0.1) is 0 Å². The maximum Gasteiger partial charge on any atom is 0.239 e. The SMILES string of the molecule is CCCc1ccc2c(c1)C(C)(C)/C(=C\C=C1/CCCC(/C=C/C3=[N+](N)c4ccccc4C3(C)C)=C1OCCCN(C)C(C)=O)N2N. The van der Waals surface area contributed by atoms with Gasteiger partial charge in [0, 0.05) is 49.3 Å². The molecule has 2 aromatic carbocycles. The lowest BCUT2D eigenvalue weighted by Crippen LogP contribution is -2.31. The molecule has 0 atom stereocenters. The second-order valence-corrected chi connectivity index (χ2v) is 13.9. The molecule has 3 aliphatic rings. The predicted molar refractivity (Wildman–Crippen MR) is 189 cm³/mol. The molecule has 0 bridgehead atoms. The fourth-order valence-corrected chi connectivity index (χ4v) is 7.06. The molecule has 2 aromatic rings. The van der Waals surface area contributed by atoms with Crippen molar-refractivity contribution in [3.05, 3.63) is 106 Å². The molecule has 0 unspecified atom stereocenters. The van der Waals surface area contributed by atoms with E-state index in [0.29, 0.717) is 13.2 Å². The fraction of sp³-hybridized carbons (Fsp3) is 0.436. The maximum atomic E-state index is 11.8. The molecule has 2 aliphatic heterocycles. The first kappa shape index (κ1) is 33.3. The highest BCUT2D eigenvalue weighted by Gasteiger charge is 2.44. The van der Waals surface area contributed by atoms with E-state index in [-0.39, 0.29) is 16.7 Å². The second kappa shape index (κ2) is 13.3. The van der Waals surface area contributed by atoms with E-state index < -0.39 is 0 Å². The normalized spacial score (nSPS) is 20.2. The second-order valence-electron chi connectivity index (χ2n) is 13.9. The molecule has 0 radical (unpaired) electrons. The zero-order valence-corrected chi connectivity index (χ0v) is 28.8. The first-order valence-electron chi connectivity index (χ1n) is 16.7. The number of benzene rings is 2. The van der Waals surface area contributed by atoms with E-state index in [2.05, 4.69) is 95.3 Å². The van der Waals surface area contributed by atoms with Gasteiger partial charge >= 0.3 is 0 Å². The predicted octanol–water partition coefficient (Wildman–Crippen LogP) is 7.25. The van der Waals surface area contributed by atoms with E-state index in [0.717, 1.165) is 78.2 Å². The number of fused-ring (bicyclic) bond motifs is 2. The van der Waals surface area contributed by atoms with Crippen molar-refractivity contribution in [3.8, 4) is 0 Å². The lowest BCUT2D eigenvalue weighted by atomic mass is 9.81. The van der Waals surface area contributed by atoms with Crippen LogP contribution in [0.2, 0.25) is 0 Å². The molecular weight excluding hydrogens is 570 g/mol. The Labute approximate surface area is 275 Å². The number of hydrogen-bond donors (Lipinski definition) is 2. The van der Waals surface area contributed by atoms with E-state index in [1.54, 1.807) is 11.8 Å².